The minimum Gasteiger partial charge on any atom is -0.309 e. The van der Waals surface area contributed by atoms with Crippen LogP contribution in [0.3, 0.4) is 0 Å². The Kier molecular flexibility index (Phi) is 5.43. The molecule has 3 nitrogen and oxygen atoms in total. The van der Waals surface area contributed by atoms with Crippen molar-refractivity contribution in [3.8, 4) is 0 Å². The summed E-state index contributed by atoms with van der Waals surface area (Å²) in [6, 6.07) is 8.86. The van der Waals surface area contributed by atoms with Crippen LogP contribution in [0, 0.1) is 0 Å². The first-order chi connectivity index (χ1) is 5.73. The molecular weight excluding hydrogens is 206 g/mol. The van der Waals surface area contributed by atoms with E-state index in [1.165, 1.54) is 14.2 Å². The van der Waals surface area contributed by atoms with Crippen LogP contribution in [0.25, 0.3) is 0 Å². The smallest absolute Gasteiger partial charge is 0.309 e. The van der Waals surface area contributed by atoms with E-state index in [-0.39, 0.29) is 9.90 Å². The molecule has 0 radical (unpaired) electrons. The van der Waals surface area contributed by atoms with Gasteiger partial charge >= 0.3 is 7.60 Å². The van der Waals surface area contributed by atoms with Gasteiger partial charge in [0, 0.05) is 14.2 Å². The highest BCUT2D eigenvalue weighted by molar-refractivity contribution is 7.62. The molecule has 74 valence electrons. The van der Waals surface area contributed by atoms with Gasteiger partial charge in [-0.25, -0.2) is 0 Å². The van der Waals surface area contributed by atoms with E-state index in [1.807, 2.05) is 6.07 Å². The molecule has 0 aliphatic carbocycles. The highest BCUT2D eigenvalue weighted by Gasteiger charge is 2.23. The first-order valence-electron chi connectivity index (χ1n) is 3.50. The van der Waals surface area contributed by atoms with Crippen molar-refractivity contribution in [2.45, 2.75) is 0 Å². The molecule has 0 aliphatic heterocycles. The SMILES string of the molecule is COP(=O)(OC)c1ccccc1.P. The maximum atomic E-state index is 11.7. The van der Waals surface area contributed by atoms with Gasteiger partial charge in [-0.15, -0.1) is 0 Å². The third-order valence-corrected chi connectivity index (χ3v) is 3.45. The summed E-state index contributed by atoms with van der Waals surface area (Å²) in [5, 5.41) is 0.579. The molecule has 0 bridgehead atoms. The van der Waals surface area contributed by atoms with Gasteiger partial charge in [-0.1, -0.05) is 18.2 Å². The van der Waals surface area contributed by atoms with Gasteiger partial charge in [0.1, 0.15) is 0 Å². The fraction of sp³-hybridized carbons (Fsp3) is 0.250. The molecule has 0 aromatic heterocycles. The second-order valence-corrected chi connectivity index (χ2v) is 4.44. The van der Waals surface area contributed by atoms with Crippen molar-refractivity contribution in [2.24, 2.45) is 0 Å². The zero-order chi connectivity index (χ0) is 9.03. The lowest BCUT2D eigenvalue weighted by Gasteiger charge is -2.12. The summed E-state index contributed by atoms with van der Waals surface area (Å²) in [6.45, 7) is 0. The Bertz CT molecular complexity index is 279. The quantitative estimate of drug-likeness (QED) is 0.729. The van der Waals surface area contributed by atoms with Crippen LogP contribution in [0.2, 0.25) is 0 Å². The summed E-state index contributed by atoms with van der Waals surface area (Å²) in [6.07, 6.45) is 0. The van der Waals surface area contributed by atoms with Gasteiger partial charge in [-0.05, 0) is 12.1 Å². The molecule has 5 heteroatoms. The molecule has 1 atom stereocenters. The van der Waals surface area contributed by atoms with Gasteiger partial charge in [0.2, 0.25) is 0 Å². The lowest BCUT2D eigenvalue weighted by atomic mass is 10.4. The Morgan fingerprint density at radius 1 is 1.08 bits per heavy atom. The van der Waals surface area contributed by atoms with E-state index in [0.29, 0.717) is 5.30 Å². The molecule has 0 spiro atoms. The van der Waals surface area contributed by atoms with Gasteiger partial charge < -0.3 is 9.05 Å². The summed E-state index contributed by atoms with van der Waals surface area (Å²) in [5.74, 6) is 0. The van der Waals surface area contributed by atoms with Gasteiger partial charge in [0.05, 0.1) is 5.30 Å². The number of benzene rings is 1. The fourth-order valence-corrected chi connectivity index (χ4v) is 2.00. The van der Waals surface area contributed by atoms with Gasteiger partial charge in [0.25, 0.3) is 0 Å². The Morgan fingerprint density at radius 2 is 1.54 bits per heavy atom. The van der Waals surface area contributed by atoms with Gasteiger partial charge in [-0.2, -0.15) is 9.90 Å². The molecule has 0 aliphatic rings. The molecule has 0 saturated heterocycles. The Labute approximate surface area is 81.6 Å². The molecule has 0 N–H and O–H groups in total. The monoisotopic (exact) mass is 220 g/mol. The van der Waals surface area contributed by atoms with E-state index in [2.05, 4.69) is 0 Å². The first-order valence-corrected chi connectivity index (χ1v) is 5.04. The van der Waals surface area contributed by atoms with E-state index in [1.54, 1.807) is 24.3 Å². The maximum absolute atomic E-state index is 11.7. The van der Waals surface area contributed by atoms with E-state index < -0.39 is 7.60 Å². The van der Waals surface area contributed by atoms with Crippen LogP contribution in [0.1, 0.15) is 0 Å². The van der Waals surface area contributed by atoms with Crippen LogP contribution in [0.4, 0.5) is 0 Å². The normalized spacial score (nSPS) is 10.6. The first kappa shape index (κ1) is 12.8. The molecule has 1 unspecified atom stereocenters. The van der Waals surface area contributed by atoms with Crippen LogP contribution in [-0.2, 0) is 13.6 Å². The van der Waals surface area contributed by atoms with Crippen molar-refractivity contribution < 1.29 is 13.6 Å². The summed E-state index contributed by atoms with van der Waals surface area (Å²) < 4.78 is 21.3. The second-order valence-electron chi connectivity index (χ2n) is 2.20. The van der Waals surface area contributed by atoms with Crippen molar-refractivity contribution in [1.29, 1.82) is 0 Å². The zero-order valence-corrected chi connectivity index (χ0v) is 10.1. The molecule has 1 aromatic carbocycles. The van der Waals surface area contributed by atoms with Crippen molar-refractivity contribution >= 4 is 22.8 Å². The van der Waals surface area contributed by atoms with Crippen LogP contribution >= 0.6 is 17.5 Å². The molecule has 0 heterocycles. The lowest BCUT2D eigenvalue weighted by molar-refractivity contribution is 0.287. The predicted octanol–water partition coefficient (Wildman–Crippen LogP) is 1.86. The van der Waals surface area contributed by atoms with Gasteiger partial charge in [-0.3, -0.25) is 4.57 Å². The van der Waals surface area contributed by atoms with Crippen molar-refractivity contribution in [1.82, 2.24) is 0 Å². The Balaban J connectivity index is 0.00000144. The zero-order valence-electron chi connectivity index (χ0n) is 7.77. The molecule has 13 heavy (non-hydrogen) atoms. The molecule has 1 aromatic rings. The minimum atomic E-state index is -3.03. The maximum Gasteiger partial charge on any atom is 0.360 e. The van der Waals surface area contributed by atoms with Crippen molar-refractivity contribution in [2.75, 3.05) is 14.2 Å². The average molecular weight is 220 g/mol. The summed E-state index contributed by atoms with van der Waals surface area (Å²) >= 11 is 0. The third-order valence-electron chi connectivity index (χ3n) is 1.55. The fourth-order valence-electron chi connectivity index (χ4n) is 0.896. The Hall–Kier alpha value is -0.200. The van der Waals surface area contributed by atoms with Crippen LogP contribution < -0.4 is 5.30 Å². The number of hydrogen-bond donors (Lipinski definition) is 0. The highest BCUT2D eigenvalue weighted by atomic mass is 31.2. The van der Waals surface area contributed by atoms with Crippen LogP contribution in [-0.4, -0.2) is 14.2 Å². The second kappa shape index (κ2) is 5.51. The summed E-state index contributed by atoms with van der Waals surface area (Å²) in [7, 11) is -0.289. The Morgan fingerprint density at radius 3 is 1.92 bits per heavy atom. The van der Waals surface area contributed by atoms with E-state index in [0.717, 1.165) is 0 Å². The van der Waals surface area contributed by atoms with Crippen molar-refractivity contribution in [3.05, 3.63) is 30.3 Å². The lowest BCUT2D eigenvalue weighted by Crippen LogP contribution is -2.06. The average Bonchev–Trinajstić information content (AvgIpc) is 2.18. The van der Waals surface area contributed by atoms with Crippen molar-refractivity contribution in [3.63, 3.8) is 0 Å². The molecule has 1 rings (SSSR count). The van der Waals surface area contributed by atoms with E-state index >= 15 is 0 Å². The molecule has 0 fully saturated rings. The predicted molar refractivity (Wildman–Crippen MR) is 58.8 cm³/mol. The standard InChI is InChI=1S/C8H11O3P.H3P/c1-10-12(9,11-2)8-6-4-3-5-7-8;/h3-7H,1-2H3;1H3. The third kappa shape index (κ3) is 2.89. The number of hydrogen-bond acceptors (Lipinski definition) is 3. The summed E-state index contributed by atoms with van der Waals surface area (Å²) in [5.41, 5.74) is 0. The van der Waals surface area contributed by atoms with E-state index in [4.69, 9.17) is 9.05 Å². The highest BCUT2D eigenvalue weighted by Crippen LogP contribution is 2.44. The van der Waals surface area contributed by atoms with Crippen LogP contribution in [0.5, 0.6) is 0 Å². The molecule has 0 saturated carbocycles. The molecule has 0 amide bonds. The van der Waals surface area contributed by atoms with Crippen LogP contribution in [0.15, 0.2) is 30.3 Å². The topological polar surface area (TPSA) is 35.5 Å². The number of rotatable bonds is 3. The summed E-state index contributed by atoms with van der Waals surface area (Å²) in [4.78, 5) is 0. The van der Waals surface area contributed by atoms with Gasteiger partial charge in [0.15, 0.2) is 0 Å². The largest absolute Gasteiger partial charge is 0.360 e. The molecular formula is C8H14O3P2. The van der Waals surface area contributed by atoms with E-state index in [9.17, 15) is 4.57 Å². The minimum absolute atomic E-state index is 0.